The molecule has 0 unspecified atom stereocenters. The highest BCUT2D eigenvalue weighted by molar-refractivity contribution is 6.07. The number of phenolic OH excluding ortho intramolecular Hbond substituents is 2. The fourth-order valence-corrected chi connectivity index (χ4v) is 4.37. The third-order valence-corrected chi connectivity index (χ3v) is 5.67. The molecule has 5 rings (SSSR count). The average molecular weight is 466 g/mol. The number of benzene rings is 3. The lowest BCUT2D eigenvalue weighted by Gasteiger charge is -2.35. The van der Waals surface area contributed by atoms with E-state index in [0.717, 1.165) is 30.3 Å². The number of carboxylic acid groups (broad SMARTS) is 1. The summed E-state index contributed by atoms with van der Waals surface area (Å²) in [6.07, 6.45) is 0. The number of nitrogens with zero attached hydrogens (tertiary/aromatic N) is 2. The summed E-state index contributed by atoms with van der Waals surface area (Å²) in [4.78, 5) is 46.2. The van der Waals surface area contributed by atoms with Crippen LogP contribution in [0, 0.1) is 20.2 Å². The number of hydrogen-bond acceptors (Lipinski definition) is 10. The van der Waals surface area contributed by atoms with Crippen molar-refractivity contribution in [3.05, 3.63) is 90.5 Å². The monoisotopic (exact) mass is 466 g/mol. The van der Waals surface area contributed by atoms with Crippen molar-refractivity contribution in [3.8, 4) is 23.0 Å². The molecule has 170 valence electrons. The van der Waals surface area contributed by atoms with Gasteiger partial charge in [0.1, 0.15) is 0 Å². The van der Waals surface area contributed by atoms with Crippen LogP contribution in [-0.4, -0.2) is 37.1 Å². The molecule has 0 atom stereocenters. The molecule has 3 N–H and O–H groups in total. The lowest BCUT2D eigenvalue weighted by atomic mass is 9.76. The maximum absolute atomic E-state index is 13.0. The minimum absolute atomic E-state index is 0.0665. The summed E-state index contributed by atoms with van der Waals surface area (Å²) in [6.45, 7) is 0. The Balaban J connectivity index is 2.00. The highest BCUT2D eigenvalue weighted by Crippen LogP contribution is 2.62. The van der Waals surface area contributed by atoms with Gasteiger partial charge < -0.3 is 24.8 Å². The van der Waals surface area contributed by atoms with Crippen molar-refractivity contribution < 1.29 is 44.2 Å². The number of ether oxygens (including phenoxy) is 2. The van der Waals surface area contributed by atoms with Crippen LogP contribution < -0.4 is 4.74 Å². The molecule has 0 aromatic heterocycles. The van der Waals surface area contributed by atoms with Crippen molar-refractivity contribution in [1.29, 1.82) is 0 Å². The summed E-state index contributed by atoms with van der Waals surface area (Å²) in [6, 6.07) is 8.03. The van der Waals surface area contributed by atoms with Crippen molar-refractivity contribution in [2.24, 2.45) is 0 Å². The van der Waals surface area contributed by atoms with Crippen LogP contribution in [0.1, 0.15) is 37.4 Å². The van der Waals surface area contributed by atoms with E-state index >= 15 is 0 Å². The highest BCUT2D eigenvalue weighted by Gasteiger charge is 2.57. The molecule has 0 saturated heterocycles. The Morgan fingerprint density at radius 2 is 1.38 bits per heavy atom. The van der Waals surface area contributed by atoms with Crippen molar-refractivity contribution in [1.82, 2.24) is 0 Å². The second-order valence-electron chi connectivity index (χ2n) is 7.34. The second kappa shape index (κ2) is 6.65. The summed E-state index contributed by atoms with van der Waals surface area (Å²) in [5.74, 6) is -5.58. The zero-order valence-electron chi connectivity index (χ0n) is 16.5. The second-order valence-corrected chi connectivity index (χ2v) is 7.34. The molecule has 34 heavy (non-hydrogen) atoms. The molecule has 2 aliphatic rings. The van der Waals surface area contributed by atoms with Crippen molar-refractivity contribution >= 4 is 23.3 Å². The molecule has 2 aliphatic heterocycles. The van der Waals surface area contributed by atoms with Gasteiger partial charge in [-0.25, -0.2) is 9.59 Å². The van der Waals surface area contributed by atoms with E-state index in [1.54, 1.807) is 0 Å². The van der Waals surface area contributed by atoms with E-state index in [2.05, 4.69) is 0 Å². The zero-order chi connectivity index (χ0) is 24.5. The fourth-order valence-electron chi connectivity index (χ4n) is 4.37. The summed E-state index contributed by atoms with van der Waals surface area (Å²) >= 11 is 0. The predicted octanol–water partition coefficient (Wildman–Crippen LogP) is 3.18. The third-order valence-electron chi connectivity index (χ3n) is 5.67. The van der Waals surface area contributed by atoms with E-state index in [0.29, 0.717) is 0 Å². The summed E-state index contributed by atoms with van der Waals surface area (Å²) in [5, 5.41) is 53.3. The smallest absolute Gasteiger partial charge is 0.353 e. The number of fused-ring (bicyclic) bond motifs is 6. The maximum atomic E-state index is 13.0. The van der Waals surface area contributed by atoms with Gasteiger partial charge in [-0.2, -0.15) is 0 Å². The number of carboxylic acids is 1. The standard InChI is InChI=1S/C21H10N2O11/c24-12-6-4-10-17(15(12)22(29)30)33-18-11(5-7-13(25)16(18)23(31)32)21(10)9-3-1-2-8(19(26)27)14(9)20(28)34-21/h1-7,24-25H,(H,26,27). The van der Waals surface area contributed by atoms with Gasteiger partial charge in [-0.05, 0) is 30.3 Å². The molecule has 1 spiro atoms. The molecule has 3 aromatic rings. The van der Waals surface area contributed by atoms with Crippen molar-refractivity contribution in [2.45, 2.75) is 5.60 Å². The topological polar surface area (TPSA) is 200 Å². The van der Waals surface area contributed by atoms with Crippen LogP contribution in [0.15, 0.2) is 42.5 Å². The van der Waals surface area contributed by atoms with E-state index in [4.69, 9.17) is 9.47 Å². The molecule has 0 radical (unpaired) electrons. The molecule has 13 heteroatoms. The molecular weight excluding hydrogens is 456 g/mol. The molecule has 0 saturated carbocycles. The Morgan fingerprint density at radius 1 is 0.853 bits per heavy atom. The van der Waals surface area contributed by atoms with Crippen molar-refractivity contribution in [2.75, 3.05) is 0 Å². The number of nitro groups is 2. The van der Waals surface area contributed by atoms with Gasteiger partial charge in [-0.15, -0.1) is 0 Å². The zero-order valence-corrected chi connectivity index (χ0v) is 16.5. The summed E-state index contributed by atoms with van der Waals surface area (Å²) < 4.78 is 11.2. The molecule has 0 amide bonds. The first kappa shape index (κ1) is 20.7. The quantitative estimate of drug-likeness (QED) is 0.291. The van der Waals surface area contributed by atoms with Crippen LogP contribution >= 0.6 is 0 Å². The number of esters is 1. The van der Waals surface area contributed by atoms with E-state index in [9.17, 15) is 45.1 Å². The fraction of sp³-hybridized carbons (Fsp3) is 0.0476. The highest BCUT2D eigenvalue weighted by atomic mass is 16.6. The number of aromatic carboxylic acids is 1. The van der Waals surface area contributed by atoms with Gasteiger partial charge in [0.05, 0.1) is 32.1 Å². The number of aromatic hydroxyl groups is 2. The van der Waals surface area contributed by atoms with E-state index < -0.39 is 67.3 Å². The molecule has 3 aromatic carbocycles. The lowest BCUT2D eigenvalue weighted by molar-refractivity contribution is -0.388. The normalized spacial score (nSPS) is 14.4. The minimum Gasteiger partial charge on any atom is -0.502 e. The number of nitro benzene ring substituents is 2. The van der Waals surface area contributed by atoms with Gasteiger partial charge in [-0.1, -0.05) is 12.1 Å². The largest absolute Gasteiger partial charge is 0.502 e. The van der Waals surface area contributed by atoms with Crippen LogP contribution in [0.2, 0.25) is 0 Å². The predicted molar refractivity (Wildman–Crippen MR) is 108 cm³/mol. The first-order valence-electron chi connectivity index (χ1n) is 9.39. The van der Waals surface area contributed by atoms with Gasteiger partial charge in [0.2, 0.25) is 11.5 Å². The van der Waals surface area contributed by atoms with E-state index in [-0.39, 0.29) is 22.3 Å². The van der Waals surface area contributed by atoms with E-state index in [1.165, 1.54) is 12.1 Å². The Morgan fingerprint density at radius 3 is 1.85 bits per heavy atom. The average Bonchev–Trinajstić information content (AvgIpc) is 3.06. The Labute approximate surface area is 187 Å². The van der Waals surface area contributed by atoms with E-state index in [1.807, 2.05) is 0 Å². The van der Waals surface area contributed by atoms with Gasteiger partial charge in [0, 0.05) is 5.56 Å². The summed E-state index contributed by atoms with van der Waals surface area (Å²) in [5.41, 5.74) is -5.27. The first-order valence-corrected chi connectivity index (χ1v) is 9.39. The minimum atomic E-state index is -2.11. The first-order chi connectivity index (χ1) is 16.1. The Hall–Kier alpha value is -5.20. The summed E-state index contributed by atoms with van der Waals surface area (Å²) in [7, 11) is 0. The Bertz CT molecular complexity index is 1430. The van der Waals surface area contributed by atoms with Gasteiger partial charge >= 0.3 is 23.3 Å². The van der Waals surface area contributed by atoms with Crippen LogP contribution in [0.4, 0.5) is 11.4 Å². The van der Waals surface area contributed by atoms with Gasteiger partial charge in [0.15, 0.2) is 17.1 Å². The molecule has 2 heterocycles. The number of phenols is 2. The van der Waals surface area contributed by atoms with Crippen LogP contribution in [-0.2, 0) is 10.3 Å². The number of hydrogen-bond donors (Lipinski definition) is 3. The van der Waals surface area contributed by atoms with Crippen LogP contribution in [0.3, 0.4) is 0 Å². The number of carbonyl (C=O) groups is 2. The van der Waals surface area contributed by atoms with Gasteiger partial charge in [0.25, 0.3) is 0 Å². The third kappa shape index (κ3) is 2.42. The molecule has 13 nitrogen and oxygen atoms in total. The number of rotatable bonds is 3. The molecule has 0 aliphatic carbocycles. The van der Waals surface area contributed by atoms with Crippen molar-refractivity contribution in [3.63, 3.8) is 0 Å². The SMILES string of the molecule is O=C(O)c1cccc2c1C(=O)OC21c2ccc(O)c([N+](=O)[O-])c2Oc2c1ccc(O)c2[N+](=O)[O-]. The Kier molecular flexibility index (Phi) is 4.05. The molecule has 0 bridgehead atoms. The lowest BCUT2D eigenvalue weighted by Crippen LogP contribution is -2.33. The maximum Gasteiger partial charge on any atom is 0.353 e. The van der Waals surface area contributed by atoms with Crippen LogP contribution in [0.25, 0.3) is 0 Å². The number of carbonyl (C=O) groups excluding carboxylic acids is 1. The molecule has 0 fully saturated rings. The van der Waals surface area contributed by atoms with Gasteiger partial charge in [-0.3, -0.25) is 20.2 Å². The van der Waals surface area contributed by atoms with Crippen LogP contribution in [0.5, 0.6) is 23.0 Å². The molecular formula is C21H10N2O11.